The van der Waals surface area contributed by atoms with Gasteiger partial charge in [0.1, 0.15) is 23.1 Å². The van der Waals surface area contributed by atoms with Crippen molar-refractivity contribution in [1.29, 1.82) is 5.26 Å². The standard InChI is InChI=1S/C48H48N10O12S6/c1-23(2)32-18-30(75(65,66)67)15-25(5)40(32)53-44-41(54-55-45-34(22-49)43(48(8,9)10)56-58(45)47-51-36-14-12-29(74(62,63)64)21-38(36)72-47)26(6)17-39(52-44)57(42-27(7)16-31(76(68,69)70)19-33(42)24(3)4)46-50-35-13-11-28(73(59,60)61)20-37(35)71-46/h11-21,23-24H,1-10H3,(H,52,53)(H,59,60,61)(H,62,63,64)(H,65,66,67)(H,68,69,70). The molecule has 8 rings (SSSR count). The minimum absolute atomic E-state index is 0.0141. The molecule has 0 saturated carbocycles. The molecule has 0 fully saturated rings. The first-order chi connectivity index (χ1) is 35.1. The first-order valence-corrected chi connectivity index (χ1v) is 30.1. The van der Waals surface area contributed by atoms with Crippen LogP contribution in [0.5, 0.6) is 0 Å². The molecule has 0 aliphatic heterocycles. The highest BCUT2D eigenvalue weighted by Crippen LogP contribution is 2.48. The molecule has 0 radical (unpaired) electrons. The van der Waals surface area contributed by atoms with E-state index in [9.17, 15) is 57.1 Å². The summed E-state index contributed by atoms with van der Waals surface area (Å²) < 4.78 is 141. The Labute approximate surface area is 445 Å². The van der Waals surface area contributed by atoms with Crippen LogP contribution in [0.15, 0.2) is 96.5 Å². The summed E-state index contributed by atoms with van der Waals surface area (Å²) in [5.41, 5.74) is 2.97. The van der Waals surface area contributed by atoms with Crippen LogP contribution in [0.2, 0.25) is 0 Å². The number of nitrogens with one attached hydrogen (secondary N) is 1. The number of nitrogens with zero attached hydrogens (tertiary/aromatic N) is 9. The molecular formula is C48H48N10O12S6. The molecular weight excluding hydrogens is 1100 g/mol. The van der Waals surface area contributed by atoms with Crippen molar-refractivity contribution in [2.75, 3.05) is 10.2 Å². The van der Waals surface area contributed by atoms with E-state index in [4.69, 9.17) is 20.2 Å². The molecule has 0 aliphatic carbocycles. The fourth-order valence-corrected chi connectivity index (χ4v) is 12.6. The average molecular weight is 1150 g/mol. The molecule has 0 aliphatic rings. The summed E-state index contributed by atoms with van der Waals surface area (Å²) in [5, 5.41) is 28.7. The number of anilines is 5. The van der Waals surface area contributed by atoms with Gasteiger partial charge in [-0.1, -0.05) is 71.1 Å². The maximum absolute atomic E-state index is 12.7. The van der Waals surface area contributed by atoms with Crippen molar-refractivity contribution < 1.29 is 51.9 Å². The van der Waals surface area contributed by atoms with Crippen LogP contribution >= 0.6 is 22.7 Å². The molecule has 22 nitrogen and oxygen atoms in total. The van der Waals surface area contributed by atoms with Crippen molar-refractivity contribution in [3.8, 4) is 11.2 Å². The number of benzene rings is 4. The molecule has 4 heterocycles. The first kappa shape index (κ1) is 55.6. The van der Waals surface area contributed by atoms with Crippen LogP contribution in [0.25, 0.3) is 25.6 Å². The molecule has 5 N–H and O–H groups in total. The van der Waals surface area contributed by atoms with Crippen molar-refractivity contribution in [3.63, 3.8) is 0 Å². The molecule has 0 amide bonds. The largest absolute Gasteiger partial charge is 0.338 e. The fraction of sp³-hybridized carbons (Fsp3) is 0.271. The molecule has 0 spiro atoms. The van der Waals surface area contributed by atoms with Crippen molar-refractivity contribution >= 4 is 123 Å². The van der Waals surface area contributed by atoms with Crippen molar-refractivity contribution in [2.24, 2.45) is 10.2 Å². The van der Waals surface area contributed by atoms with Crippen molar-refractivity contribution in [2.45, 2.75) is 106 Å². The van der Waals surface area contributed by atoms with Gasteiger partial charge < -0.3 is 5.32 Å². The molecule has 4 aromatic carbocycles. The third kappa shape index (κ3) is 11.0. The highest BCUT2D eigenvalue weighted by Gasteiger charge is 2.32. The molecule has 0 atom stereocenters. The summed E-state index contributed by atoms with van der Waals surface area (Å²) in [6.45, 7) is 17.6. The second-order valence-corrected chi connectivity index (χ2v) is 27.0. The van der Waals surface area contributed by atoms with Gasteiger partial charge in [0.2, 0.25) is 5.13 Å². The Morgan fingerprint density at radius 2 is 1.18 bits per heavy atom. The maximum atomic E-state index is 12.7. The molecule has 8 aromatic rings. The molecule has 0 unspecified atom stereocenters. The number of nitriles is 1. The molecule has 76 heavy (non-hydrogen) atoms. The Morgan fingerprint density at radius 3 is 1.71 bits per heavy atom. The monoisotopic (exact) mass is 1150 g/mol. The van der Waals surface area contributed by atoms with Crippen molar-refractivity contribution in [3.05, 3.63) is 106 Å². The van der Waals surface area contributed by atoms with E-state index in [2.05, 4.69) is 21.5 Å². The van der Waals surface area contributed by atoms with E-state index in [1.807, 2.05) is 20.8 Å². The Kier molecular flexibility index (Phi) is 14.4. The second kappa shape index (κ2) is 19.7. The number of azo groups is 1. The van der Waals surface area contributed by atoms with Gasteiger partial charge in [-0.05, 0) is 127 Å². The average Bonchev–Trinajstić information content (AvgIpc) is 4.03. The van der Waals surface area contributed by atoms with Crippen LogP contribution in [0.1, 0.15) is 99.4 Å². The first-order valence-electron chi connectivity index (χ1n) is 22.7. The van der Waals surface area contributed by atoms with Crippen LogP contribution < -0.4 is 10.2 Å². The van der Waals surface area contributed by atoms with Gasteiger partial charge >= 0.3 is 0 Å². The van der Waals surface area contributed by atoms with E-state index in [0.717, 1.165) is 22.7 Å². The zero-order chi connectivity index (χ0) is 55.9. The minimum Gasteiger partial charge on any atom is -0.338 e. The van der Waals surface area contributed by atoms with Crippen LogP contribution in [0, 0.1) is 32.1 Å². The number of aromatic nitrogens is 5. The van der Waals surface area contributed by atoms with Gasteiger partial charge in [-0.2, -0.15) is 48.7 Å². The summed E-state index contributed by atoms with van der Waals surface area (Å²) >= 11 is 2.02. The summed E-state index contributed by atoms with van der Waals surface area (Å²) in [6, 6.07) is 16.7. The van der Waals surface area contributed by atoms with Crippen LogP contribution in [0.3, 0.4) is 0 Å². The number of pyridine rings is 1. The maximum Gasteiger partial charge on any atom is 0.294 e. The lowest BCUT2D eigenvalue weighted by atomic mass is 9.90. The Morgan fingerprint density at radius 1 is 0.658 bits per heavy atom. The second-order valence-electron chi connectivity index (χ2n) is 19.3. The highest BCUT2D eigenvalue weighted by atomic mass is 32.2. The summed E-state index contributed by atoms with van der Waals surface area (Å²) in [7, 11) is -18.6. The number of aryl methyl sites for hydroxylation is 3. The number of hydrogen-bond acceptors (Lipinski definition) is 19. The van der Waals surface area contributed by atoms with E-state index < -0.39 is 56.7 Å². The minimum atomic E-state index is -4.72. The number of fused-ring (bicyclic) bond motifs is 2. The van der Waals surface area contributed by atoms with Gasteiger partial charge in [0.05, 0.1) is 51.4 Å². The normalized spacial score (nSPS) is 12.9. The lowest BCUT2D eigenvalue weighted by Crippen LogP contribution is -2.17. The predicted molar refractivity (Wildman–Crippen MR) is 288 cm³/mol. The van der Waals surface area contributed by atoms with Gasteiger partial charge in [-0.3, -0.25) is 23.1 Å². The SMILES string of the molecule is Cc1cc(N(c2nc3ccc(S(=O)(=O)O)cc3s2)c2c(C)cc(S(=O)(=O)O)cc2C(C)C)nc(Nc2c(C)cc(S(=O)(=O)O)cc2C(C)C)c1N=Nc1c(C#N)c(C(C)(C)C)nn1-c1nc2ccc(S(=O)(=O)O)cc2s1. The summed E-state index contributed by atoms with van der Waals surface area (Å²) in [6.07, 6.45) is 0. The van der Waals surface area contributed by atoms with Gasteiger partial charge in [0.15, 0.2) is 16.8 Å². The molecule has 398 valence electrons. The summed E-state index contributed by atoms with van der Waals surface area (Å²) in [4.78, 5) is 14.8. The third-order valence-electron chi connectivity index (χ3n) is 11.9. The highest BCUT2D eigenvalue weighted by molar-refractivity contribution is 7.86. The van der Waals surface area contributed by atoms with E-state index in [1.54, 1.807) is 59.4 Å². The third-order valence-corrected chi connectivity index (χ3v) is 17.3. The van der Waals surface area contributed by atoms with Crippen LogP contribution in [0.4, 0.5) is 39.6 Å². The van der Waals surface area contributed by atoms with Gasteiger partial charge in [-0.15, -0.1) is 10.2 Å². The molecule has 0 saturated heterocycles. The van der Waals surface area contributed by atoms with E-state index in [1.165, 1.54) is 65.3 Å². The summed E-state index contributed by atoms with van der Waals surface area (Å²) in [5.74, 6) is -0.760. The van der Waals surface area contributed by atoms with Crippen LogP contribution in [-0.2, 0) is 45.9 Å². The van der Waals surface area contributed by atoms with Crippen molar-refractivity contribution in [1.82, 2.24) is 24.7 Å². The quantitative estimate of drug-likeness (QED) is 0.0499. The van der Waals surface area contributed by atoms with Gasteiger partial charge in [0, 0.05) is 11.1 Å². The Hall–Kier alpha value is -6.65. The number of hydrogen-bond donors (Lipinski definition) is 5. The zero-order valence-electron chi connectivity index (χ0n) is 42.0. The topological polar surface area (TPSA) is 338 Å². The number of thiazole rings is 2. The molecule has 0 bridgehead atoms. The predicted octanol–water partition coefficient (Wildman–Crippen LogP) is 11.4. The van der Waals surface area contributed by atoms with Crippen LogP contribution in [-0.4, -0.2) is 76.6 Å². The van der Waals surface area contributed by atoms with E-state index in [-0.39, 0.29) is 59.6 Å². The van der Waals surface area contributed by atoms with Gasteiger partial charge in [0.25, 0.3) is 40.5 Å². The lowest BCUT2D eigenvalue weighted by Gasteiger charge is -2.29. The molecule has 28 heteroatoms. The van der Waals surface area contributed by atoms with E-state index in [0.29, 0.717) is 65.3 Å². The zero-order valence-corrected chi connectivity index (χ0v) is 46.9. The smallest absolute Gasteiger partial charge is 0.294 e. The Bertz CT molecular complexity index is 4270. The van der Waals surface area contributed by atoms with Gasteiger partial charge in [-0.25, -0.2) is 15.0 Å². The lowest BCUT2D eigenvalue weighted by molar-refractivity contribution is 0.480. The van der Waals surface area contributed by atoms with E-state index >= 15 is 0 Å². The Balaban J connectivity index is 1.44. The number of rotatable bonds is 14. The fourth-order valence-electron chi connectivity index (χ4n) is 8.28. The molecule has 4 aromatic heterocycles.